The lowest BCUT2D eigenvalue weighted by Gasteiger charge is -2.17. The van der Waals surface area contributed by atoms with Crippen molar-refractivity contribution < 1.29 is 4.79 Å². The monoisotopic (exact) mass is 468 g/mol. The Morgan fingerprint density at radius 1 is 1.06 bits per heavy atom. The number of nitrogens with zero attached hydrogens (tertiary/aromatic N) is 3. The largest absolute Gasteiger partial charge is 0.354 e. The predicted molar refractivity (Wildman–Crippen MR) is 135 cm³/mol. The van der Waals surface area contributed by atoms with Crippen LogP contribution >= 0.6 is 11.6 Å². The minimum absolute atomic E-state index is 0.0517. The van der Waals surface area contributed by atoms with Crippen LogP contribution in [0.15, 0.2) is 53.3 Å². The maximum Gasteiger partial charge on any atom is 0.274 e. The number of nitrogens with one attached hydrogen (secondary N) is 1. The Bertz CT molecular complexity index is 1130. The van der Waals surface area contributed by atoms with Gasteiger partial charge in [-0.05, 0) is 64.0 Å². The molecule has 0 radical (unpaired) electrons. The van der Waals surface area contributed by atoms with E-state index in [9.17, 15) is 9.59 Å². The summed E-state index contributed by atoms with van der Waals surface area (Å²) in [5.74, 6) is 0.0805. The number of aromatic nitrogens is 2. The third-order valence-electron chi connectivity index (χ3n) is 5.56. The third kappa shape index (κ3) is 7.41. The van der Waals surface area contributed by atoms with Gasteiger partial charge in [-0.1, -0.05) is 41.9 Å². The van der Waals surface area contributed by atoms with Gasteiger partial charge in [0.05, 0.1) is 11.1 Å². The number of hydrogen-bond donors (Lipinski definition) is 1. The van der Waals surface area contributed by atoms with Crippen molar-refractivity contribution in [2.75, 3.05) is 20.1 Å². The van der Waals surface area contributed by atoms with Crippen LogP contribution in [0.3, 0.4) is 0 Å². The molecule has 0 spiro atoms. The van der Waals surface area contributed by atoms with Crippen LogP contribution in [0.5, 0.6) is 0 Å². The molecule has 0 aliphatic carbocycles. The van der Waals surface area contributed by atoms with E-state index in [1.165, 1.54) is 0 Å². The van der Waals surface area contributed by atoms with Gasteiger partial charge in [0.25, 0.3) is 5.56 Å². The number of aryl methyl sites for hydroxylation is 1. The maximum atomic E-state index is 13.0. The standard InChI is InChI=1S/C26H33ClN4O2/c1-19(2)28-25(32)14-17-30(3)15-6-7-16-31-26(33)23-9-5-4-8-22(23)24(29-31)18-20-10-12-21(27)13-11-20/h4-5,8-13,19H,6-7,14-18H2,1-3H3,(H,28,32). The normalized spacial score (nSPS) is 11.5. The summed E-state index contributed by atoms with van der Waals surface area (Å²) in [4.78, 5) is 27.0. The summed E-state index contributed by atoms with van der Waals surface area (Å²) in [5.41, 5.74) is 1.94. The lowest BCUT2D eigenvalue weighted by Crippen LogP contribution is -2.33. The molecule has 3 aromatic rings. The highest BCUT2D eigenvalue weighted by Crippen LogP contribution is 2.18. The number of carbonyl (C=O) groups is 1. The van der Waals surface area contributed by atoms with Crippen LogP contribution in [-0.2, 0) is 17.8 Å². The van der Waals surface area contributed by atoms with Gasteiger partial charge < -0.3 is 10.2 Å². The number of hydrogen-bond acceptors (Lipinski definition) is 4. The van der Waals surface area contributed by atoms with E-state index in [2.05, 4.69) is 10.2 Å². The Morgan fingerprint density at radius 3 is 2.45 bits per heavy atom. The van der Waals surface area contributed by atoms with E-state index in [1.807, 2.05) is 69.4 Å². The second kappa shape index (κ2) is 12.0. The number of carbonyl (C=O) groups excluding carboxylic acids is 1. The van der Waals surface area contributed by atoms with E-state index >= 15 is 0 Å². The first-order chi connectivity index (χ1) is 15.8. The van der Waals surface area contributed by atoms with Crippen molar-refractivity contribution in [1.82, 2.24) is 20.0 Å². The van der Waals surface area contributed by atoms with Crippen molar-refractivity contribution >= 4 is 28.3 Å². The van der Waals surface area contributed by atoms with Crippen molar-refractivity contribution in [3.8, 4) is 0 Å². The molecule has 33 heavy (non-hydrogen) atoms. The van der Waals surface area contributed by atoms with Crippen LogP contribution in [-0.4, -0.2) is 46.8 Å². The van der Waals surface area contributed by atoms with Gasteiger partial charge in [-0.3, -0.25) is 9.59 Å². The molecular weight excluding hydrogens is 436 g/mol. The van der Waals surface area contributed by atoms with Gasteiger partial charge in [0.15, 0.2) is 0 Å². The number of benzene rings is 2. The van der Waals surface area contributed by atoms with Gasteiger partial charge >= 0.3 is 0 Å². The van der Waals surface area contributed by atoms with Crippen LogP contribution < -0.4 is 10.9 Å². The fourth-order valence-electron chi connectivity index (χ4n) is 3.82. The minimum Gasteiger partial charge on any atom is -0.354 e. The molecule has 7 heteroatoms. The Kier molecular flexibility index (Phi) is 9.03. The first-order valence-corrected chi connectivity index (χ1v) is 11.9. The molecule has 6 nitrogen and oxygen atoms in total. The number of rotatable bonds is 11. The first-order valence-electron chi connectivity index (χ1n) is 11.5. The van der Waals surface area contributed by atoms with E-state index in [4.69, 9.17) is 16.7 Å². The molecule has 0 unspecified atom stereocenters. The molecule has 0 bridgehead atoms. The molecular formula is C26H33ClN4O2. The Morgan fingerprint density at radius 2 is 1.76 bits per heavy atom. The van der Waals surface area contributed by atoms with Crippen molar-refractivity contribution in [3.05, 3.63) is 75.2 Å². The first kappa shape index (κ1) is 24.9. The number of fused-ring (bicyclic) bond motifs is 1. The number of unbranched alkanes of at least 4 members (excludes halogenated alkanes) is 1. The molecule has 0 aliphatic rings. The average molecular weight is 469 g/mol. The van der Waals surface area contributed by atoms with Crippen molar-refractivity contribution in [1.29, 1.82) is 0 Å². The van der Waals surface area contributed by atoms with Crippen LogP contribution in [0, 0.1) is 0 Å². The van der Waals surface area contributed by atoms with Crippen LogP contribution in [0.4, 0.5) is 0 Å². The Balaban J connectivity index is 1.62. The summed E-state index contributed by atoms with van der Waals surface area (Å²) in [6.45, 7) is 6.09. The van der Waals surface area contributed by atoms with Crippen molar-refractivity contribution in [2.24, 2.45) is 0 Å². The second-order valence-corrected chi connectivity index (χ2v) is 9.24. The van der Waals surface area contributed by atoms with E-state index in [1.54, 1.807) is 4.68 Å². The van der Waals surface area contributed by atoms with E-state index in [-0.39, 0.29) is 17.5 Å². The number of amides is 1. The second-order valence-electron chi connectivity index (χ2n) is 8.81. The van der Waals surface area contributed by atoms with Gasteiger partial charge in [-0.2, -0.15) is 5.10 Å². The average Bonchev–Trinajstić information content (AvgIpc) is 2.79. The molecule has 0 fully saturated rings. The minimum atomic E-state index is -0.0517. The summed E-state index contributed by atoms with van der Waals surface area (Å²) < 4.78 is 1.60. The van der Waals surface area contributed by atoms with Crippen molar-refractivity contribution in [2.45, 2.75) is 52.1 Å². The molecule has 176 valence electrons. The molecule has 2 aromatic carbocycles. The highest BCUT2D eigenvalue weighted by Gasteiger charge is 2.11. The summed E-state index contributed by atoms with van der Waals surface area (Å²) in [7, 11) is 2.02. The fraction of sp³-hybridized carbons (Fsp3) is 0.423. The molecule has 1 heterocycles. The molecule has 1 N–H and O–H groups in total. The number of halogens is 1. The molecule has 0 atom stereocenters. The zero-order valence-corrected chi connectivity index (χ0v) is 20.4. The zero-order chi connectivity index (χ0) is 23.8. The quantitative estimate of drug-likeness (QED) is 0.427. The summed E-state index contributed by atoms with van der Waals surface area (Å²) in [5, 5.41) is 9.94. The Hall–Kier alpha value is -2.70. The van der Waals surface area contributed by atoms with Gasteiger partial charge in [-0.15, -0.1) is 0 Å². The molecule has 0 aliphatic heterocycles. The van der Waals surface area contributed by atoms with E-state index in [0.717, 1.165) is 42.6 Å². The molecule has 1 aromatic heterocycles. The SMILES string of the molecule is CC(C)NC(=O)CCN(C)CCCCn1nc(Cc2ccc(Cl)cc2)c2ccccc2c1=O. The smallest absolute Gasteiger partial charge is 0.274 e. The maximum absolute atomic E-state index is 13.0. The lowest BCUT2D eigenvalue weighted by atomic mass is 10.0. The van der Waals surface area contributed by atoms with E-state index < -0.39 is 0 Å². The van der Waals surface area contributed by atoms with Crippen LogP contribution in [0.2, 0.25) is 5.02 Å². The topological polar surface area (TPSA) is 67.2 Å². The third-order valence-corrected chi connectivity index (χ3v) is 5.81. The summed E-state index contributed by atoms with van der Waals surface area (Å²) in [6, 6.07) is 15.6. The van der Waals surface area contributed by atoms with Crippen molar-refractivity contribution in [3.63, 3.8) is 0 Å². The highest BCUT2D eigenvalue weighted by molar-refractivity contribution is 6.30. The van der Waals surface area contributed by atoms with E-state index in [0.29, 0.717) is 29.8 Å². The summed E-state index contributed by atoms with van der Waals surface area (Å²) >= 11 is 6.02. The molecule has 3 rings (SSSR count). The molecule has 0 saturated carbocycles. The predicted octanol–water partition coefficient (Wildman–Crippen LogP) is 4.27. The van der Waals surface area contributed by atoms with Crippen LogP contribution in [0.25, 0.3) is 10.8 Å². The van der Waals surface area contributed by atoms with Gasteiger partial charge in [0.1, 0.15) is 0 Å². The van der Waals surface area contributed by atoms with Gasteiger partial charge in [0.2, 0.25) is 5.91 Å². The highest BCUT2D eigenvalue weighted by atomic mass is 35.5. The zero-order valence-electron chi connectivity index (χ0n) is 19.7. The lowest BCUT2D eigenvalue weighted by molar-refractivity contribution is -0.121. The fourth-order valence-corrected chi connectivity index (χ4v) is 3.95. The van der Waals surface area contributed by atoms with Gasteiger partial charge in [0, 0.05) is 42.4 Å². The van der Waals surface area contributed by atoms with Crippen LogP contribution in [0.1, 0.15) is 44.4 Å². The molecule has 0 saturated heterocycles. The van der Waals surface area contributed by atoms with Gasteiger partial charge in [-0.25, -0.2) is 4.68 Å². The molecule has 1 amide bonds. The Labute approximate surface area is 200 Å². The summed E-state index contributed by atoms with van der Waals surface area (Å²) in [6.07, 6.45) is 2.90.